The van der Waals surface area contributed by atoms with Crippen molar-refractivity contribution in [1.82, 2.24) is 0 Å². The first-order chi connectivity index (χ1) is 12.4. The monoisotopic (exact) mass is 351 g/mol. The number of hydrogen-bond acceptors (Lipinski definition) is 3. The molecule has 1 aliphatic rings. The van der Waals surface area contributed by atoms with Crippen LogP contribution in [0.5, 0.6) is 0 Å². The molecule has 2 aromatic rings. The van der Waals surface area contributed by atoms with E-state index in [1.807, 2.05) is 31.2 Å². The average molecular weight is 351 g/mol. The zero-order chi connectivity index (χ0) is 18.7. The molecule has 0 atom stereocenters. The van der Waals surface area contributed by atoms with Gasteiger partial charge in [0.25, 0.3) is 0 Å². The molecule has 1 aliphatic carbocycles. The summed E-state index contributed by atoms with van der Waals surface area (Å²) >= 11 is 0. The molecule has 0 aliphatic heterocycles. The maximum atomic E-state index is 12.6. The first kappa shape index (κ1) is 17.7. The first-order valence-electron chi connectivity index (χ1n) is 8.46. The Hall–Kier alpha value is -3.15. The van der Waals surface area contributed by atoms with Crippen molar-refractivity contribution in [1.29, 1.82) is 0 Å². The van der Waals surface area contributed by atoms with Gasteiger partial charge in [-0.3, -0.25) is 14.4 Å². The number of rotatable bonds is 5. The first-order valence-corrected chi connectivity index (χ1v) is 8.46. The molecule has 3 rings (SSSR count). The Morgan fingerprint density at radius 2 is 1.12 bits per heavy atom. The number of anilines is 3. The standard InChI is InChI=1S/C20H21N3O3/c1-13-3-5-16(6-4-13)22-18(25)20(11-12-20)19(26)23-17-9-7-15(8-10-17)21-14(2)24/h3-10H,11-12H2,1-2H3,(H,21,24)(H,22,25)(H,23,26). The predicted molar refractivity (Wildman–Crippen MR) is 101 cm³/mol. The number of amides is 3. The van der Waals surface area contributed by atoms with Crippen molar-refractivity contribution >= 4 is 34.8 Å². The Labute approximate surface area is 152 Å². The summed E-state index contributed by atoms with van der Waals surface area (Å²) in [6, 6.07) is 14.2. The van der Waals surface area contributed by atoms with Gasteiger partial charge in [0.15, 0.2) is 0 Å². The molecule has 134 valence electrons. The van der Waals surface area contributed by atoms with Crippen LogP contribution in [-0.4, -0.2) is 17.7 Å². The van der Waals surface area contributed by atoms with E-state index in [1.54, 1.807) is 24.3 Å². The van der Waals surface area contributed by atoms with Gasteiger partial charge >= 0.3 is 0 Å². The number of benzene rings is 2. The zero-order valence-corrected chi connectivity index (χ0v) is 14.8. The molecule has 0 spiro atoms. The van der Waals surface area contributed by atoms with Crippen LogP contribution in [-0.2, 0) is 14.4 Å². The fourth-order valence-corrected chi connectivity index (χ4v) is 2.66. The lowest BCUT2D eigenvalue weighted by Crippen LogP contribution is -2.35. The number of carbonyl (C=O) groups is 3. The second-order valence-corrected chi connectivity index (χ2v) is 6.61. The van der Waals surface area contributed by atoms with Crippen molar-refractivity contribution in [3.63, 3.8) is 0 Å². The van der Waals surface area contributed by atoms with Crippen LogP contribution in [0.3, 0.4) is 0 Å². The minimum absolute atomic E-state index is 0.161. The fraction of sp³-hybridized carbons (Fsp3) is 0.250. The van der Waals surface area contributed by atoms with Gasteiger partial charge in [-0.2, -0.15) is 0 Å². The second-order valence-electron chi connectivity index (χ2n) is 6.61. The van der Waals surface area contributed by atoms with Gasteiger partial charge in [-0.15, -0.1) is 0 Å². The molecule has 0 unspecified atom stereocenters. The van der Waals surface area contributed by atoms with Crippen molar-refractivity contribution in [2.45, 2.75) is 26.7 Å². The summed E-state index contributed by atoms with van der Waals surface area (Å²) in [5, 5.41) is 8.27. The number of aryl methyl sites for hydroxylation is 1. The summed E-state index contributed by atoms with van der Waals surface area (Å²) < 4.78 is 0. The van der Waals surface area contributed by atoms with Crippen molar-refractivity contribution < 1.29 is 14.4 Å². The lowest BCUT2D eigenvalue weighted by molar-refractivity contribution is -0.131. The highest BCUT2D eigenvalue weighted by atomic mass is 16.2. The SMILES string of the molecule is CC(=O)Nc1ccc(NC(=O)C2(C(=O)Nc3ccc(C)cc3)CC2)cc1. The van der Waals surface area contributed by atoms with Crippen molar-refractivity contribution in [3.8, 4) is 0 Å². The van der Waals surface area contributed by atoms with E-state index in [0.29, 0.717) is 29.9 Å². The van der Waals surface area contributed by atoms with Crippen LogP contribution in [0.2, 0.25) is 0 Å². The normalized spacial score (nSPS) is 14.2. The van der Waals surface area contributed by atoms with Crippen LogP contribution in [0.4, 0.5) is 17.1 Å². The Balaban J connectivity index is 1.64. The summed E-state index contributed by atoms with van der Waals surface area (Å²) in [6.45, 7) is 3.40. The minimum atomic E-state index is -1.01. The Kier molecular flexibility index (Phi) is 4.75. The Morgan fingerprint density at radius 1 is 0.731 bits per heavy atom. The smallest absolute Gasteiger partial charge is 0.240 e. The van der Waals surface area contributed by atoms with Gasteiger partial charge in [0, 0.05) is 24.0 Å². The topological polar surface area (TPSA) is 87.3 Å². The maximum Gasteiger partial charge on any atom is 0.240 e. The van der Waals surface area contributed by atoms with Gasteiger partial charge in [-0.25, -0.2) is 0 Å². The molecule has 0 radical (unpaired) electrons. The molecule has 0 aromatic heterocycles. The summed E-state index contributed by atoms with van der Waals surface area (Å²) in [7, 11) is 0. The van der Waals surface area contributed by atoms with Crippen molar-refractivity contribution in [2.24, 2.45) is 5.41 Å². The van der Waals surface area contributed by atoms with Crippen LogP contribution in [0.15, 0.2) is 48.5 Å². The third-order valence-corrected chi connectivity index (χ3v) is 4.39. The molecule has 2 aromatic carbocycles. The highest BCUT2D eigenvalue weighted by Crippen LogP contribution is 2.47. The molecule has 1 saturated carbocycles. The van der Waals surface area contributed by atoms with Crippen molar-refractivity contribution in [2.75, 3.05) is 16.0 Å². The van der Waals surface area contributed by atoms with E-state index in [4.69, 9.17) is 0 Å². The number of nitrogens with one attached hydrogen (secondary N) is 3. The molecule has 0 saturated heterocycles. The Bertz CT molecular complexity index is 838. The van der Waals surface area contributed by atoms with E-state index >= 15 is 0 Å². The third kappa shape index (κ3) is 3.91. The highest BCUT2D eigenvalue weighted by molar-refractivity contribution is 6.16. The second kappa shape index (κ2) is 7.00. The van der Waals surface area contributed by atoms with Crippen LogP contribution in [0.1, 0.15) is 25.3 Å². The van der Waals surface area contributed by atoms with E-state index in [0.717, 1.165) is 5.56 Å². The summed E-state index contributed by atoms with van der Waals surface area (Å²) in [4.78, 5) is 36.2. The summed E-state index contributed by atoms with van der Waals surface area (Å²) in [5.41, 5.74) is 2.00. The van der Waals surface area contributed by atoms with Crippen molar-refractivity contribution in [3.05, 3.63) is 54.1 Å². The zero-order valence-electron chi connectivity index (χ0n) is 14.8. The molecule has 3 amide bonds. The van der Waals surface area contributed by atoms with Gasteiger partial charge in [0.05, 0.1) is 0 Å². The lowest BCUT2D eigenvalue weighted by atomic mass is 10.0. The molecule has 0 heterocycles. The molecule has 0 bridgehead atoms. The highest BCUT2D eigenvalue weighted by Gasteiger charge is 2.56. The van der Waals surface area contributed by atoms with Gasteiger partial charge in [-0.1, -0.05) is 17.7 Å². The molecular formula is C20H21N3O3. The molecule has 1 fully saturated rings. The molecule has 3 N–H and O–H groups in total. The number of carbonyl (C=O) groups excluding carboxylic acids is 3. The van der Waals surface area contributed by atoms with Crippen LogP contribution < -0.4 is 16.0 Å². The largest absolute Gasteiger partial charge is 0.326 e. The molecule has 6 heteroatoms. The van der Waals surface area contributed by atoms with Gasteiger partial charge < -0.3 is 16.0 Å². The maximum absolute atomic E-state index is 12.6. The molecular weight excluding hydrogens is 330 g/mol. The van der Waals surface area contributed by atoms with Crippen LogP contribution in [0.25, 0.3) is 0 Å². The van der Waals surface area contributed by atoms with E-state index in [1.165, 1.54) is 6.92 Å². The average Bonchev–Trinajstić information content (AvgIpc) is 3.40. The summed E-state index contributed by atoms with van der Waals surface area (Å²) in [5.74, 6) is -0.755. The van der Waals surface area contributed by atoms with Gasteiger partial charge in [0.2, 0.25) is 17.7 Å². The molecule has 6 nitrogen and oxygen atoms in total. The van der Waals surface area contributed by atoms with Gasteiger partial charge in [0.1, 0.15) is 5.41 Å². The minimum Gasteiger partial charge on any atom is -0.326 e. The van der Waals surface area contributed by atoms with E-state index < -0.39 is 5.41 Å². The van der Waals surface area contributed by atoms with Crippen LogP contribution >= 0.6 is 0 Å². The van der Waals surface area contributed by atoms with Gasteiger partial charge in [-0.05, 0) is 56.2 Å². The fourth-order valence-electron chi connectivity index (χ4n) is 2.66. The van der Waals surface area contributed by atoms with E-state index in [-0.39, 0.29) is 17.7 Å². The molecule has 26 heavy (non-hydrogen) atoms. The van der Waals surface area contributed by atoms with E-state index in [9.17, 15) is 14.4 Å². The third-order valence-electron chi connectivity index (χ3n) is 4.39. The predicted octanol–water partition coefficient (Wildman–Crippen LogP) is 3.31. The quantitative estimate of drug-likeness (QED) is 0.722. The lowest BCUT2D eigenvalue weighted by Gasteiger charge is -2.16. The number of hydrogen-bond donors (Lipinski definition) is 3. The summed E-state index contributed by atoms with van der Waals surface area (Å²) in [6.07, 6.45) is 1.06. The van der Waals surface area contributed by atoms with Crippen LogP contribution in [0, 0.1) is 12.3 Å². The Morgan fingerprint density at radius 3 is 1.50 bits per heavy atom. The van der Waals surface area contributed by atoms with E-state index in [2.05, 4.69) is 16.0 Å².